The van der Waals surface area contributed by atoms with E-state index in [2.05, 4.69) is 15.3 Å². The largest absolute Gasteiger partial charge is 0.444 e. The van der Waals surface area contributed by atoms with Crippen LogP contribution in [0.2, 0.25) is 0 Å². The van der Waals surface area contributed by atoms with E-state index in [4.69, 9.17) is 16.0 Å². The lowest BCUT2D eigenvalue weighted by Crippen LogP contribution is -2.00. The molecule has 0 aliphatic heterocycles. The maximum absolute atomic E-state index is 5.97. The minimum absolute atomic E-state index is 0.154. The third kappa shape index (κ3) is 3.13. The van der Waals surface area contributed by atoms with Crippen molar-refractivity contribution < 1.29 is 4.42 Å². The van der Waals surface area contributed by atoms with Gasteiger partial charge in [-0.15, -0.1) is 16.7 Å². The van der Waals surface area contributed by atoms with Gasteiger partial charge in [0.1, 0.15) is 17.7 Å². The molecule has 0 aliphatic rings. The standard InChI is InChI=1S/C15H15ClN4O/c1-10-3-5-12(6-4-10)15-17-13(9-21-15)7-20-8-14(11(2)16)18-19-20/h3-6,8-9,11H,7H2,1-2H3. The zero-order valence-corrected chi connectivity index (χ0v) is 12.6. The predicted molar refractivity (Wildman–Crippen MR) is 80.1 cm³/mol. The van der Waals surface area contributed by atoms with Crippen molar-refractivity contribution in [1.82, 2.24) is 20.0 Å². The number of aromatic nitrogens is 4. The zero-order chi connectivity index (χ0) is 14.8. The molecule has 0 bridgehead atoms. The van der Waals surface area contributed by atoms with Gasteiger partial charge in [-0.1, -0.05) is 22.9 Å². The molecule has 3 aromatic rings. The van der Waals surface area contributed by atoms with E-state index in [1.165, 1.54) is 5.56 Å². The van der Waals surface area contributed by atoms with Crippen LogP contribution in [0, 0.1) is 6.92 Å². The van der Waals surface area contributed by atoms with Crippen molar-refractivity contribution in [3.63, 3.8) is 0 Å². The van der Waals surface area contributed by atoms with Crippen molar-refractivity contribution in [2.45, 2.75) is 25.8 Å². The smallest absolute Gasteiger partial charge is 0.226 e. The Morgan fingerprint density at radius 2 is 2.05 bits per heavy atom. The van der Waals surface area contributed by atoms with Crippen molar-refractivity contribution in [2.24, 2.45) is 0 Å². The fourth-order valence-corrected chi connectivity index (χ4v) is 2.05. The van der Waals surface area contributed by atoms with Crippen LogP contribution in [0.15, 0.2) is 41.1 Å². The molecule has 21 heavy (non-hydrogen) atoms. The van der Waals surface area contributed by atoms with Crippen LogP contribution in [0.25, 0.3) is 11.5 Å². The van der Waals surface area contributed by atoms with Gasteiger partial charge in [0.05, 0.1) is 18.1 Å². The molecule has 2 heterocycles. The zero-order valence-electron chi connectivity index (χ0n) is 11.8. The van der Waals surface area contributed by atoms with E-state index < -0.39 is 0 Å². The highest BCUT2D eigenvalue weighted by atomic mass is 35.5. The summed E-state index contributed by atoms with van der Waals surface area (Å²) >= 11 is 5.97. The van der Waals surface area contributed by atoms with Gasteiger partial charge in [-0.3, -0.25) is 0 Å². The molecule has 108 valence electrons. The summed E-state index contributed by atoms with van der Waals surface area (Å²) in [6.07, 6.45) is 3.46. The number of benzene rings is 1. The third-order valence-corrected chi connectivity index (χ3v) is 3.36. The summed E-state index contributed by atoms with van der Waals surface area (Å²) in [7, 11) is 0. The second-order valence-electron chi connectivity index (χ2n) is 4.97. The molecule has 0 aliphatic carbocycles. The Labute approximate surface area is 127 Å². The van der Waals surface area contributed by atoms with Crippen LogP contribution in [-0.2, 0) is 6.54 Å². The van der Waals surface area contributed by atoms with Crippen LogP contribution < -0.4 is 0 Å². The first-order valence-corrected chi connectivity index (χ1v) is 7.11. The molecule has 0 N–H and O–H groups in total. The molecule has 0 spiro atoms. The van der Waals surface area contributed by atoms with Gasteiger partial charge >= 0.3 is 0 Å². The summed E-state index contributed by atoms with van der Waals surface area (Å²) in [5, 5.41) is 7.88. The van der Waals surface area contributed by atoms with Gasteiger partial charge in [-0.2, -0.15) is 0 Å². The molecule has 0 fully saturated rings. The number of aryl methyl sites for hydroxylation is 1. The van der Waals surface area contributed by atoms with Gasteiger partial charge in [0.25, 0.3) is 0 Å². The Bertz CT molecular complexity index is 730. The van der Waals surface area contributed by atoms with Crippen LogP contribution in [0.5, 0.6) is 0 Å². The Kier molecular flexibility index (Phi) is 3.75. The van der Waals surface area contributed by atoms with Gasteiger partial charge in [0, 0.05) is 5.56 Å². The Morgan fingerprint density at radius 1 is 1.29 bits per heavy atom. The lowest BCUT2D eigenvalue weighted by Gasteiger charge is -1.96. The number of halogens is 1. The molecule has 2 aromatic heterocycles. The van der Waals surface area contributed by atoms with E-state index in [1.54, 1.807) is 10.9 Å². The minimum Gasteiger partial charge on any atom is -0.444 e. The number of alkyl halides is 1. The summed E-state index contributed by atoms with van der Waals surface area (Å²) in [4.78, 5) is 4.47. The minimum atomic E-state index is -0.154. The highest BCUT2D eigenvalue weighted by Gasteiger charge is 2.10. The quantitative estimate of drug-likeness (QED) is 0.691. The number of hydrogen-bond donors (Lipinski definition) is 0. The van der Waals surface area contributed by atoms with Gasteiger partial charge in [-0.05, 0) is 26.0 Å². The van der Waals surface area contributed by atoms with Crippen LogP contribution >= 0.6 is 11.6 Å². The van der Waals surface area contributed by atoms with Crippen LogP contribution in [0.1, 0.15) is 29.3 Å². The maximum atomic E-state index is 5.97. The summed E-state index contributed by atoms with van der Waals surface area (Å²) in [5.74, 6) is 0.607. The van der Waals surface area contributed by atoms with E-state index >= 15 is 0 Å². The summed E-state index contributed by atoms with van der Waals surface area (Å²) < 4.78 is 7.22. The number of hydrogen-bond acceptors (Lipinski definition) is 4. The maximum Gasteiger partial charge on any atom is 0.226 e. The molecule has 0 radical (unpaired) electrons. The summed E-state index contributed by atoms with van der Waals surface area (Å²) in [5.41, 5.74) is 3.71. The highest BCUT2D eigenvalue weighted by molar-refractivity contribution is 6.20. The topological polar surface area (TPSA) is 56.7 Å². The molecule has 3 rings (SSSR count). The first kappa shape index (κ1) is 13.8. The Balaban J connectivity index is 1.76. The first-order chi connectivity index (χ1) is 10.1. The summed E-state index contributed by atoms with van der Waals surface area (Å²) in [6.45, 7) is 4.42. The van der Waals surface area contributed by atoms with E-state index in [1.807, 2.05) is 44.3 Å². The van der Waals surface area contributed by atoms with Crippen molar-refractivity contribution >= 4 is 11.6 Å². The van der Waals surface area contributed by atoms with Crippen molar-refractivity contribution in [1.29, 1.82) is 0 Å². The van der Waals surface area contributed by atoms with Crippen molar-refractivity contribution in [3.8, 4) is 11.5 Å². The predicted octanol–water partition coefficient (Wildman–Crippen LogP) is 3.59. The second-order valence-corrected chi connectivity index (χ2v) is 5.62. The number of nitrogens with zero attached hydrogens (tertiary/aromatic N) is 4. The molecular formula is C15H15ClN4O. The molecular weight excluding hydrogens is 288 g/mol. The SMILES string of the molecule is Cc1ccc(-c2nc(Cn3cc(C(C)Cl)nn3)co2)cc1. The number of rotatable bonds is 4. The van der Waals surface area contributed by atoms with Crippen LogP contribution in [0.4, 0.5) is 0 Å². The van der Waals surface area contributed by atoms with Crippen LogP contribution in [0.3, 0.4) is 0 Å². The monoisotopic (exact) mass is 302 g/mol. The van der Waals surface area contributed by atoms with Gasteiger partial charge < -0.3 is 4.42 Å². The van der Waals surface area contributed by atoms with E-state index in [9.17, 15) is 0 Å². The fourth-order valence-electron chi connectivity index (χ4n) is 1.95. The van der Waals surface area contributed by atoms with Gasteiger partial charge in [0.15, 0.2) is 0 Å². The highest BCUT2D eigenvalue weighted by Crippen LogP contribution is 2.20. The lowest BCUT2D eigenvalue weighted by atomic mass is 10.1. The lowest BCUT2D eigenvalue weighted by molar-refractivity contribution is 0.568. The van der Waals surface area contributed by atoms with E-state index in [0.717, 1.165) is 17.0 Å². The Hall–Kier alpha value is -2.14. The molecule has 1 unspecified atom stereocenters. The van der Waals surface area contributed by atoms with E-state index in [-0.39, 0.29) is 5.38 Å². The summed E-state index contributed by atoms with van der Waals surface area (Å²) in [6, 6.07) is 8.05. The van der Waals surface area contributed by atoms with E-state index in [0.29, 0.717) is 12.4 Å². The molecule has 0 saturated heterocycles. The normalized spacial score (nSPS) is 12.5. The van der Waals surface area contributed by atoms with Crippen molar-refractivity contribution in [2.75, 3.05) is 0 Å². The molecule has 0 amide bonds. The van der Waals surface area contributed by atoms with Crippen molar-refractivity contribution in [3.05, 3.63) is 53.7 Å². The molecule has 0 saturated carbocycles. The number of oxazole rings is 1. The van der Waals surface area contributed by atoms with Crippen LogP contribution in [-0.4, -0.2) is 20.0 Å². The first-order valence-electron chi connectivity index (χ1n) is 6.67. The third-order valence-electron chi connectivity index (χ3n) is 3.14. The molecule has 5 nitrogen and oxygen atoms in total. The Morgan fingerprint density at radius 3 is 2.71 bits per heavy atom. The fraction of sp³-hybridized carbons (Fsp3) is 0.267. The molecule has 1 aromatic carbocycles. The molecule has 6 heteroatoms. The molecule has 1 atom stereocenters. The average Bonchev–Trinajstić information content (AvgIpc) is 3.10. The van der Waals surface area contributed by atoms with Gasteiger partial charge in [-0.25, -0.2) is 9.67 Å². The average molecular weight is 303 g/mol. The van der Waals surface area contributed by atoms with Gasteiger partial charge in [0.2, 0.25) is 5.89 Å². The second kappa shape index (κ2) is 5.69.